The highest BCUT2D eigenvalue weighted by Crippen LogP contribution is 2.22. The van der Waals surface area contributed by atoms with Crippen LogP contribution in [0.25, 0.3) is 10.9 Å². The smallest absolute Gasteiger partial charge is 0.336 e. The molecule has 0 unspecified atom stereocenters. The number of aromatic nitrogens is 1. The van der Waals surface area contributed by atoms with Gasteiger partial charge in [-0.3, -0.25) is 0 Å². The van der Waals surface area contributed by atoms with Gasteiger partial charge in [0.15, 0.2) is 0 Å². The second kappa shape index (κ2) is 3.12. The molecule has 1 N–H and O–H groups in total. The topological polar surface area (TPSA) is 42.2 Å². The van der Waals surface area contributed by atoms with Gasteiger partial charge in [0.05, 0.1) is 5.56 Å². The summed E-state index contributed by atoms with van der Waals surface area (Å²) in [6, 6.07) is 5.72. The van der Waals surface area contributed by atoms with Gasteiger partial charge in [-0.2, -0.15) is 0 Å². The van der Waals surface area contributed by atoms with Crippen LogP contribution in [0.5, 0.6) is 0 Å². The number of aryl methyl sites for hydroxylation is 3. The van der Waals surface area contributed by atoms with Gasteiger partial charge in [0, 0.05) is 23.6 Å². The molecule has 1 aromatic heterocycles. The predicted octanol–water partition coefficient (Wildman–Crippen LogP) is 2.49. The number of nitrogens with zero attached hydrogens (tertiary/aromatic N) is 1. The first-order valence-electron chi connectivity index (χ1n) is 4.80. The van der Waals surface area contributed by atoms with Gasteiger partial charge in [-0.05, 0) is 37.6 Å². The fourth-order valence-electron chi connectivity index (χ4n) is 1.87. The molecule has 3 nitrogen and oxygen atoms in total. The van der Waals surface area contributed by atoms with Crippen LogP contribution >= 0.6 is 0 Å². The van der Waals surface area contributed by atoms with E-state index in [1.807, 2.05) is 31.5 Å². The molecule has 1 heterocycles. The molecule has 2 aromatic rings. The lowest BCUT2D eigenvalue weighted by molar-refractivity contribution is 0.0696. The molecule has 1 aromatic carbocycles. The molecule has 0 fully saturated rings. The van der Waals surface area contributed by atoms with Crippen LogP contribution in [0, 0.1) is 13.8 Å². The molecule has 3 heteroatoms. The number of hydrogen-bond donors (Lipinski definition) is 1. The van der Waals surface area contributed by atoms with E-state index in [1.54, 1.807) is 6.07 Å². The fraction of sp³-hybridized carbons (Fsp3) is 0.250. The lowest BCUT2D eigenvalue weighted by Gasteiger charge is -2.03. The Balaban J connectivity index is 2.83. The summed E-state index contributed by atoms with van der Waals surface area (Å²) in [4.78, 5) is 11.0. The van der Waals surface area contributed by atoms with E-state index >= 15 is 0 Å². The molecule has 15 heavy (non-hydrogen) atoms. The Hall–Kier alpha value is -1.77. The van der Waals surface area contributed by atoms with Gasteiger partial charge < -0.3 is 9.67 Å². The van der Waals surface area contributed by atoms with Gasteiger partial charge >= 0.3 is 5.97 Å². The lowest BCUT2D eigenvalue weighted by atomic mass is 10.1. The first-order valence-corrected chi connectivity index (χ1v) is 4.80. The largest absolute Gasteiger partial charge is 0.478 e. The molecule has 78 valence electrons. The van der Waals surface area contributed by atoms with Crippen molar-refractivity contribution in [2.45, 2.75) is 13.8 Å². The summed E-state index contributed by atoms with van der Waals surface area (Å²) in [7, 11) is 1.94. The van der Waals surface area contributed by atoms with Gasteiger partial charge in [-0.25, -0.2) is 4.79 Å². The van der Waals surface area contributed by atoms with Crippen LogP contribution < -0.4 is 0 Å². The van der Waals surface area contributed by atoms with Crippen molar-refractivity contribution in [3.05, 3.63) is 35.0 Å². The third kappa shape index (κ3) is 1.40. The summed E-state index contributed by atoms with van der Waals surface area (Å²) in [5.74, 6) is -0.867. The Morgan fingerprint density at radius 1 is 1.27 bits per heavy atom. The SMILES string of the molecule is Cc1cc2cc(C)n(C)c2cc1C(=O)O. The zero-order valence-corrected chi connectivity index (χ0v) is 9.03. The van der Waals surface area contributed by atoms with E-state index < -0.39 is 5.97 Å². The van der Waals surface area contributed by atoms with Crippen molar-refractivity contribution in [1.29, 1.82) is 0 Å². The van der Waals surface area contributed by atoms with Crippen molar-refractivity contribution >= 4 is 16.9 Å². The Morgan fingerprint density at radius 3 is 2.53 bits per heavy atom. The molecular weight excluding hydrogens is 190 g/mol. The average molecular weight is 203 g/mol. The molecule has 0 aliphatic carbocycles. The minimum absolute atomic E-state index is 0.378. The second-order valence-corrected chi connectivity index (χ2v) is 3.88. The molecular formula is C12H13NO2. The average Bonchev–Trinajstić information content (AvgIpc) is 2.41. The lowest BCUT2D eigenvalue weighted by Crippen LogP contribution is -2.00. The maximum absolute atomic E-state index is 11.0. The minimum Gasteiger partial charge on any atom is -0.478 e. The molecule has 0 radical (unpaired) electrons. The van der Waals surface area contributed by atoms with Crippen molar-refractivity contribution in [3.8, 4) is 0 Å². The van der Waals surface area contributed by atoms with E-state index in [0.29, 0.717) is 5.56 Å². The summed E-state index contributed by atoms with van der Waals surface area (Å²) in [6.45, 7) is 3.83. The highest BCUT2D eigenvalue weighted by Gasteiger charge is 2.10. The van der Waals surface area contributed by atoms with Crippen LogP contribution in [0.4, 0.5) is 0 Å². The van der Waals surface area contributed by atoms with Crippen LogP contribution in [-0.2, 0) is 7.05 Å². The highest BCUT2D eigenvalue weighted by atomic mass is 16.4. The summed E-state index contributed by atoms with van der Waals surface area (Å²) < 4.78 is 2.00. The van der Waals surface area contributed by atoms with E-state index in [4.69, 9.17) is 5.11 Å². The first kappa shape index (κ1) is 9.77. The molecule has 0 saturated carbocycles. The maximum Gasteiger partial charge on any atom is 0.336 e. The second-order valence-electron chi connectivity index (χ2n) is 3.88. The van der Waals surface area contributed by atoms with E-state index in [0.717, 1.165) is 22.2 Å². The van der Waals surface area contributed by atoms with Gasteiger partial charge in [-0.15, -0.1) is 0 Å². The van der Waals surface area contributed by atoms with Crippen LogP contribution in [0.1, 0.15) is 21.6 Å². The van der Waals surface area contributed by atoms with E-state index in [2.05, 4.69) is 6.07 Å². The summed E-state index contributed by atoms with van der Waals surface area (Å²) in [6.07, 6.45) is 0. The molecule has 0 spiro atoms. The molecule has 0 bridgehead atoms. The van der Waals surface area contributed by atoms with Crippen LogP contribution in [0.15, 0.2) is 18.2 Å². The van der Waals surface area contributed by atoms with Crippen LogP contribution in [0.3, 0.4) is 0 Å². The standard InChI is InChI=1S/C12H13NO2/c1-7-4-9-5-8(2)13(3)11(9)6-10(7)12(14)15/h4-6H,1-3H3,(H,14,15). The summed E-state index contributed by atoms with van der Waals surface area (Å²) in [5.41, 5.74) is 3.28. The third-order valence-corrected chi connectivity index (χ3v) is 2.86. The van der Waals surface area contributed by atoms with Gasteiger partial charge in [0.1, 0.15) is 0 Å². The molecule has 0 amide bonds. The predicted molar refractivity (Wildman–Crippen MR) is 59.4 cm³/mol. The number of rotatable bonds is 1. The molecule has 2 rings (SSSR count). The van der Waals surface area contributed by atoms with Gasteiger partial charge in [0.2, 0.25) is 0 Å². The number of hydrogen-bond acceptors (Lipinski definition) is 1. The van der Waals surface area contributed by atoms with E-state index in [-0.39, 0.29) is 0 Å². The maximum atomic E-state index is 11.0. The normalized spacial score (nSPS) is 10.9. The van der Waals surface area contributed by atoms with Crippen LogP contribution in [0.2, 0.25) is 0 Å². The van der Waals surface area contributed by atoms with Crippen molar-refractivity contribution in [1.82, 2.24) is 4.57 Å². The zero-order chi connectivity index (χ0) is 11.2. The van der Waals surface area contributed by atoms with Gasteiger partial charge in [0.25, 0.3) is 0 Å². The zero-order valence-electron chi connectivity index (χ0n) is 9.03. The van der Waals surface area contributed by atoms with Gasteiger partial charge in [-0.1, -0.05) is 0 Å². The molecule has 0 aliphatic heterocycles. The number of benzene rings is 1. The Labute approximate surface area is 87.9 Å². The van der Waals surface area contributed by atoms with E-state index in [9.17, 15) is 4.79 Å². The number of aromatic carboxylic acids is 1. The molecule has 0 atom stereocenters. The minimum atomic E-state index is -0.867. The quantitative estimate of drug-likeness (QED) is 0.773. The number of fused-ring (bicyclic) bond motifs is 1. The monoisotopic (exact) mass is 203 g/mol. The Morgan fingerprint density at radius 2 is 1.93 bits per heavy atom. The van der Waals surface area contributed by atoms with Crippen molar-refractivity contribution in [2.75, 3.05) is 0 Å². The molecule has 0 aliphatic rings. The van der Waals surface area contributed by atoms with Crippen LogP contribution in [-0.4, -0.2) is 15.6 Å². The Kier molecular flexibility index (Phi) is 2.03. The summed E-state index contributed by atoms with van der Waals surface area (Å²) in [5, 5.41) is 10.1. The highest BCUT2D eigenvalue weighted by molar-refractivity contribution is 5.95. The van der Waals surface area contributed by atoms with Crippen molar-refractivity contribution in [2.24, 2.45) is 7.05 Å². The number of carbonyl (C=O) groups is 1. The first-order chi connectivity index (χ1) is 7.00. The summed E-state index contributed by atoms with van der Waals surface area (Å²) >= 11 is 0. The Bertz CT molecular complexity index is 552. The van der Waals surface area contributed by atoms with Crippen molar-refractivity contribution in [3.63, 3.8) is 0 Å². The third-order valence-electron chi connectivity index (χ3n) is 2.86. The number of carboxylic acid groups (broad SMARTS) is 1. The van der Waals surface area contributed by atoms with Crippen molar-refractivity contribution < 1.29 is 9.90 Å². The fourth-order valence-corrected chi connectivity index (χ4v) is 1.87. The molecule has 0 saturated heterocycles. The van der Waals surface area contributed by atoms with E-state index in [1.165, 1.54) is 0 Å². The number of carboxylic acids is 1.